The molecule has 1 fully saturated rings. The number of nitrogens with one attached hydrogen (secondary N) is 1. The van der Waals surface area contributed by atoms with Crippen LogP contribution >= 0.6 is 0 Å². The summed E-state index contributed by atoms with van der Waals surface area (Å²) in [6.07, 6.45) is 1.40. The largest absolute Gasteiger partial charge is 0.458 e. The van der Waals surface area contributed by atoms with E-state index in [1.165, 1.54) is 6.26 Å². The fraction of sp³-hybridized carbons (Fsp3) is 0.188. The quantitative estimate of drug-likeness (QED) is 0.750. The number of carbonyl (C=O) groups is 2. The third kappa shape index (κ3) is 2.01. The normalized spacial score (nSPS) is 21.2. The average molecular weight is 311 g/mol. The number of aromatic nitrogens is 1. The molecule has 1 saturated heterocycles. The van der Waals surface area contributed by atoms with Gasteiger partial charge in [-0.3, -0.25) is 9.69 Å². The molecule has 0 bridgehead atoms. The molecule has 0 saturated carbocycles. The van der Waals surface area contributed by atoms with E-state index < -0.39 is 11.6 Å². The predicted molar refractivity (Wildman–Crippen MR) is 79.2 cm³/mol. The average Bonchev–Trinajstić information content (AvgIpc) is 3.24. The second-order valence-corrected chi connectivity index (χ2v) is 5.59. The molecule has 1 aromatic carbocycles. The van der Waals surface area contributed by atoms with Crippen molar-refractivity contribution in [2.24, 2.45) is 0 Å². The Hall–Kier alpha value is -3.09. The number of hydrogen-bond acceptors (Lipinski definition) is 5. The van der Waals surface area contributed by atoms with Gasteiger partial charge in [0.1, 0.15) is 23.3 Å². The summed E-state index contributed by atoms with van der Waals surface area (Å²) in [5.41, 5.74) is -0.0668. The Morgan fingerprint density at radius 2 is 2.09 bits per heavy atom. The first-order valence-electron chi connectivity index (χ1n) is 7.10. The first kappa shape index (κ1) is 13.6. The van der Waals surface area contributed by atoms with Crippen LogP contribution in [0.2, 0.25) is 0 Å². The van der Waals surface area contributed by atoms with E-state index in [9.17, 15) is 9.59 Å². The Morgan fingerprint density at radius 3 is 2.83 bits per heavy atom. The van der Waals surface area contributed by atoms with E-state index in [2.05, 4.69) is 10.5 Å². The zero-order valence-corrected chi connectivity index (χ0v) is 12.3. The van der Waals surface area contributed by atoms with Crippen LogP contribution in [0.4, 0.5) is 4.79 Å². The Bertz CT molecular complexity index is 866. The Labute approximate surface area is 130 Å². The van der Waals surface area contributed by atoms with Gasteiger partial charge in [-0.25, -0.2) is 4.79 Å². The number of fused-ring (bicyclic) bond motifs is 1. The molecule has 116 valence electrons. The maximum absolute atomic E-state index is 12.8. The van der Waals surface area contributed by atoms with Crippen molar-refractivity contribution < 1.29 is 18.5 Å². The highest BCUT2D eigenvalue weighted by Crippen LogP contribution is 2.33. The molecule has 3 aromatic rings. The van der Waals surface area contributed by atoms with Gasteiger partial charge in [0, 0.05) is 11.5 Å². The number of imide groups is 1. The van der Waals surface area contributed by atoms with Crippen LogP contribution in [0, 0.1) is 0 Å². The zero-order valence-electron chi connectivity index (χ0n) is 12.3. The van der Waals surface area contributed by atoms with Gasteiger partial charge in [0.2, 0.25) is 0 Å². The van der Waals surface area contributed by atoms with Crippen molar-refractivity contribution in [3.63, 3.8) is 0 Å². The molecule has 0 radical (unpaired) electrons. The molecule has 7 heteroatoms. The fourth-order valence-electron chi connectivity index (χ4n) is 2.72. The Kier molecular flexibility index (Phi) is 2.77. The van der Waals surface area contributed by atoms with Crippen LogP contribution in [0.25, 0.3) is 11.0 Å². The first-order chi connectivity index (χ1) is 11.1. The molecular formula is C16H13N3O4. The van der Waals surface area contributed by atoms with Crippen molar-refractivity contribution >= 4 is 22.9 Å². The van der Waals surface area contributed by atoms with Crippen molar-refractivity contribution in [2.75, 3.05) is 0 Å². The second kappa shape index (κ2) is 4.70. The number of carbonyl (C=O) groups excluding carboxylic acids is 2. The molecule has 1 atom stereocenters. The molecular weight excluding hydrogens is 298 g/mol. The molecule has 1 aliphatic heterocycles. The van der Waals surface area contributed by atoms with Crippen LogP contribution in [-0.2, 0) is 16.9 Å². The number of urea groups is 1. The van der Waals surface area contributed by atoms with Gasteiger partial charge in [-0.1, -0.05) is 23.4 Å². The minimum absolute atomic E-state index is 0.0526. The lowest BCUT2D eigenvalue weighted by atomic mass is 9.99. The zero-order chi connectivity index (χ0) is 16.0. The van der Waals surface area contributed by atoms with Gasteiger partial charge in [0.05, 0.1) is 6.54 Å². The van der Waals surface area contributed by atoms with Crippen molar-refractivity contribution in [3.8, 4) is 0 Å². The highest BCUT2D eigenvalue weighted by atomic mass is 16.5. The van der Waals surface area contributed by atoms with Crippen LogP contribution in [0.3, 0.4) is 0 Å². The summed E-state index contributed by atoms with van der Waals surface area (Å²) in [6.45, 7) is 1.69. The Morgan fingerprint density at radius 1 is 1.26 bits per heavy atom. The van der Waals surface area contributed by atoms with Crippen molar-refractivity contribution in [1.82, 2.24) is 15.4 Å². The van der Waals surface area contributed by atoms with Gasteiger partial charge >= 0.3 is 6.03 Å². The van der Waals surface area contributed by atoms with Crippen LogP contribution in [-0.4, -0.2) is 22.0 Å². The van der Waals surface area contributed by atoms with E-state index in [1.807, 2.05) is 24.3 Å². The monoisotopic (exact) mass is 311 g/mol. The van der Waals surface area contributed by atoms with Gasteiger partial charge in [-0.15, -0.1) is 0 Å². The molecule has 4 rings (SSSR count). The minimum atomic E-state index is -1.24. The number of para-hydroxylation sites is 1. The summed E-state index contributed by atoms with van der Waals surface area (Å²) >= 11 is 0. The standard InChI is InChI=1S/C16H13N3O4/c1-16(13-8-10-4-2-3-5-12(10)23-13)14(20)19(15(21)17-16)9-11-6-7-22-18-11/h2-8H,9H2,1H3,(H,17,21). The molecule has 1 N–H and O–H groups in total. The summed E-state index contributed by atoms with van der Waals surface area (Å²) in [5.74, 6) is 0.0178. The van der Waals surface area contributed by atoms with Crippen molar-refractivity contribution in [3.05, 3.63) is 54.1 Å². The number of rotatable bonds is 3. The van der Waals surface area contributed by atoms with Crippen molar-refractivity contribution in [1.29, 1.82) is 0 Å². The van der Waals surface area contributed by atoms with E-state index >= 15 is 0 Å². The molecule has 3 amide bonds. The smallest absolute Gasteiger partial charge is 0.325 e. The summed E-state index contributed by atoms with van der Waals surface area (Å²) in [7, 11) is 0. The van der Waals surface area contributed by atoms with Crippen LogP contribution in [0.5, 0.6) is 0 Å². The van der Waals surface area contributed by atoms with Gasteiger partial charge < -0.3 is 14.3 Å². The fourth-order valence-corrected chi connectivity index (χ4v) is 2.72. The van der Waals surface area contributed by atoms with Crippen LogP contribution in [0.15, 0.2) is 51.6 Å². The van der Waals surface area contributed by atoms with Gasteiger partial charge in [-0.2, -0.15) is 0 Å². The number of hydrogen-bond donors (Lipinski definition) is 1. The minimum Gasteiger partial charge on any atom is -0.458 e. The lowest BCUT2D eigenvalue weighted by Crippen LogP contribution is -2.40. The molecule has 7 nitrogen and oxygen atoms in total. The van der Waals surface area contributed by atoms with Crippen LogP contribution < -0.4 is 5.32 Å². The number of benzene rings is 1. The summed E-state index contributed by atoms with van der Waals surface area (Å²) in [6, 6.07) is 10.3. The second-order valence-electron chi connectivity index (χ2n) is 5.59. The van der Waals surface area contributed by atoms with E-state index in [-0.39, 0.29) is 12.5 Å². The lowest BCUT2D eigenvalue weighted by molar-refractivity contribution is -0.132. The molecule has 23 heavy (non-hydrogen) atoms. The van der Waals surface area contributed by atoms with Gasteiger partial charge in [0.25, 0.3) is 5.91 Å². The van der Waals surface area contributed by atoms with Gasteiger partial charge in [-0.05, 0) is 19.1 Å². The molecule has 1 unspecified atom stereocenters. The summed E-state index contributed by atoms with van der Waals surface area (Å²) in [5, 5.41) is 7.31. The summed E-state index contributed by atoms with van der Waals surface area (Å²) in [4.78, 5) is 26.1. The van der Waals surface area contributed by atoms with E-state index in [1.54, 1.807) is 19.1 Å². The molecule has 2 aromatic heterocycles. The Balaban J connectivity index is 1.70. The third-order valence-electron chi connectivity index (χ3n) is 4.00. The number of furan rings is 1. The summed E-state index contributed by atoms with van der Waals surface area (Å²) < 4.78 is 10.5. The van der Waals surface area contributed by atoms with E-state index in [0.29, 0.717) is 17.0 Å². The highest BCUT2D eigenvalue weighted by Gasteiger charge is 2.51. The third-order valence-corrected chi connectivity index (χ3v) is 4.00. The predicted octanol–water partition coefficient (Wildman–Crippen LogP) is 2.39. The maximum atomic E-state index is 12.8. The number of amides is 3. The maximum Gasteiger partial charge on any atom is 0.325 e. The van der Waals surface area contributed by atoms with E-state index in [0.717, 1.165) is 10.3 Å². The van der Waals surface area contributed by atoms with Gasteiger partial charge in [0.15, 0.2) is 5.54 Å². The first-order valence-corrected chi connectivity index (χ1v) is 7.10. The molecule has 1 aliphatic rings. The van der Waals surface area contributed by atoms with Crippen molar-refractivity contribution in [2.45, 2.75) is 19.0 Å². The lowest BCUT2D eigenvalue weighted by Gasteiger charge is -2.18. The van der Waals surface area contributed by atoms with E-state index in [4.69, 9.17) is 8.94 Å². The van der Waals surface area contributed by atoms with Crippen LogP contribution in [0.1, 0.15) is 18.4 Å². The molecule has 0 aliphatic carbocycles. The topological polar surface area (TPSA) is 88.6 Å². The molecule has 0 spiro atoms. The highest BCUT2D eigenvalue weighted by molar-refractivity contribution is 6.07. The number of nitrogens with zero attached hydrogens (tertiary/aromatic N) is 2. The molecule has 3 heterocycles. The SMILES string of the molecule is CC1(c2cc3ccccc3o2)NC(=O)N(Cc2ccon2)C1=O.